The van der Waals surface area contributed by atoms with Gasteiger partial charge in [-0.2, -0.15) is 0 Å². The molecule has 0 saturated carbocycles. The molecule has 2 aliphatic rings. The van der Waals surface area contributed by atoms with E-state index in [1.54, 1.807) is 12.1 Å². The van der Waals surface area contributed by atoms with E-state index in [-0.39, 0.29) is 10.9 Å². The monoisotopic (exact) mass is 388 g/mol. The molecule has 3 rings (SSSR count). The highest BCUT2D eigenvalue weighted by Crippen LogP contribution is 2.32. The zero-order chi connectivity index (χ0) is 15.9. The molecule has 1 aromatic carbocycles. The van der Waals surface area contributed by atoms with Crippen LogP contribution in [0.4, 0.5) is 0 Å². The molecular formula is C15H21BrN2O3S. The second-order valence-corrected chi connectivity index (χ2v) is 8.72. The third-order valence-electron chi connectivity index (χ3n) is 4.53. The number of piperidine rings is 1. The molecule has 22 heavy (non-hydrogen) atoms. The zero-order valence-electron chi connectivity index (χ0n) is 12.7. The molecule has 2 fully saturated rings. The fourth-order valence-corrected chi connectivity index (χ4v) is 5.38. The summed E-state index contributed by atoms with van der Waals surface area (Å²) in [5.74, 6) is 0.380. The van der Waals surface area contributed by atoms with E-state index in [0.29, 0.717) is 17.8 Å². The predicted molar refractivity (Wildman–Crippen MR) is 88.7 cm³/mol. The summed E-state index contributed by atoms with van der Waals surface area (Å²) in [6.45, 7) is 1.90. The van der Waals surface area contributed by atoms with Crippen LogP contribution in [-0.2, 0) is 10.0 Å². The molecule has 0 radical (unpaired) electrons. The molecule has 0 aliphatic carbocycles. The van der Waals surface area contributed by atoms with E-state index in [9.17, 15) is 8.42 Å². The number of fused-ring (bicyclic) bond motifs is 2. The van der Waals surface area contributed by atoms with Gasteiger partial charge in [-0.3, -0.25) is 0 Å². The third kappa shape index (κ3) is 3.18. The van der Waals surface area contributed by atoms with Crippen LogP contribution < -0.4 is 14.8 Å². The Bertz CT molecular complexity index is 666. The summed E-state index contributed by atoms with van der Waals surface area (Å²) < 4.78 is 34.4. The summed E-state index contributed by atoms with van der Waals surface area (Å²) in [7, 11) is -2.10. The number of ether oxygens (including phenoxy) is 1. The van der Waals surface area contributed by atoms with Crippen molar-refractivity contribution in [2.24, 2.45) is 0 Å². The van der Waals surface area contributed by atoms with Gasteiger partial charge in [-0.25, -0.2) is 13.1 Å². The maximum Gasteiger partial charge on any atom is 0.244 e. The maximum absolute atomic E-state index is 12.7. The number of methoxy groups -OCH3 is 1. The number of hydrogen-bond donors (Lipinski definition) is 2. The minimum absolute atomic E-state index is 0.00599. The number of sulfonamides is 1. The fourth-order valence-electron chi connectivity index (χ4n) is 3.44. The van der Waals surface area contributed by atoms with E-state index in [4.69, 9.17) is 4.74 Å². The van der Waals surface area contributed by atoms with Crippen molar-refractivity contribution in [1.29, 1.82) is 0 Å². The van der Waals surface area contributed by atoms with Gasteiger partial charge in [-0.05, 0) is 50.3 Å². The van der Waals surface area contributed by atoms with Crippen LogP contribution in [0.2, 0.25) is 0 Å². The lowest BCUT2D eigenvalue weighted by atomic mass is 10.0. The van der Waals surface area contributed by atoms with Crippen LogP contribution in [0.5, 0.6) is 5.75 Å². The molecule has 5 nitrogen and oxygen atoms in total. The number of rotatable bonds is 4. The van der Waals surface area contributed by atoms with Gasteiger partial charge in [-0.1, -0.05) is 15.9 Å². The van der Waals surface area contributed by atoms with Crippen LogP contribution >= 0.6 is 15.9 Å². The average Bonchev–Trinajstić information content (AvgIpc) is 2.80. The molecule has 2 N–H and O–H groups in total. The van der Waals surface area contributed by atoms with Gasteiger partial charge >= 0.3 is 0 Å². The zero-order valence-corrected chi connectivity index (χ0v) is 15.1. The third-order valence-corrected chi connectivity index (χ3v) is 6.93. The lowest BCUT2D eigenvalue weighted by Crippen LogP contribution is -2.47. The van der Waals surface area contributed by atoms with Gasteiger partial charge in [0.1, 0.15) is 10.6 Å². The van der Waals surface area contributed by atoms with Crippen LogP contribution in [0.3, 0.4) is 0 Å². The van der Waals surface area contributed by atoms with E-state index in [1.807, 2.05) is 6.92 Å². The molecule has 2 unspecified atom stereocenters. The lowest BCUT2D eigenvalue weighted by molar-refractivity contribution is 0.344. The Morgan fingerprint density at radius 2 is 1.91 bits per heavy atom. The Balaban J connectivity index is 1.85. The Hall–Kier alpha value is -0.630. The predicted octanol–water partition coefficient (Wildman–Crippen LogP) is 2.33. The van der Waals surface area contributed by atoms with Crippen molar-refractivity contribution < 1.29 is 13.2 Å². The van der Waals surface area contributed by atoms with Crippen molar-refractivity contribution in [2.75, 3.05) is 7.11 Å². The minimum Gasteiger partial charge on any atom is -0.495 e. The first-order chi connectivity index (χ1) is 10.4. The van der Waals surface area contributed by atoms with E-state index in [0.717, 1.165) is 35.7 Å². The lowest BCUT2D eigenvalue weighted by Gasteiger charge is -2.29. The topological polar surface area (TPSA) is 67.4 Å². The highest BCUT2D eigenvalue weighted by atomic mass is 79.9. The summed E-state index contributed by atoms with van der Waals surface area (Å²) in [5.41, 5.74) is 0.940. The highest BCUT2D eigenvalue weighted by Gasteiger charge is 2.36. The molecule has 0 spiro atoms. The fraction of sp³-hybridized carbons (Fsp3) is 0.600. The molecule has 0 aromatic heterocycles. The normalized spacial score (nSPS) is 27.9. The summed E-state index contributed by atoms with van der Waals surface area (Å²) in [6, 6.07) is 4.24. The highest BCUT2D eigenvalue weighted by molar-refractivity contribution is 9.10. The van der Waals surface area contributed by atoms with E-state index in [2.05, 4.69) is 26.0 Å². The summed E-state index contributed by atoms with van der Waals surface area (Å²) in [5, 5.41) is 3.52. The number of nitrogens with one attached hydrogen (secondary N) is 2. The minimum atomic E-state index is -3.59. The smallest absolute Gasteiger partial charge is 0.244 e. The maximum atomic E-state index is 12.7. The van der Waals surface area contributed by atoms with Crippen molar-refractivity contribution in [3.05, 3.63) is 22.2 Å². The van der Waals surface area contributed by atoms with E-state index in [1.165, 1.54) is 7.11 Å². The first-order valence-corrected chi connectivity index (χ1v) is 9.79. The molecule has 1 aromatic rings. The van der Waals surface area contributed by atoms with Gasteiger partial charge in [0.15, 0.2) is 0 Å². The van der Waals surface area contributed by atoms with Crippen molar-refractivity contribution in [3.8, 4) is 5.75 Å². The Morgan fingerprint density at radius 1 is 1.27 bits per heavy atom. The van der Waals surface area contributed by atoms with Crippen LogP contribution in [0.25, 0.3) is 0 Å². The van der Waals surface area contributed by atoms with Crippen LogP contribution in [0.1, 0.15) is 31.2 Å². The molecule has 2 aliphatic heterocycles. The molecule has 2 saturated heterocycles. The van der Waals surface area contributed by atoms with Gasteiger partial charge in [0, 0.05) is 22.6 Å². The second-order valence-electron chi connectivity index (χ2n) is 6.18. The van der Waals surface area contributed by atoms with E-state index >= 15 is 0 Å². The first-order valence-electron chi connectivity index (χ1n) is 7.51. The molecule has 7 heteroatoms. The number of hydrogen-bond acceptors (Lipinski definition) is 4. The molecular weight excluding hydrogens is 368 g/mol. The summed E-state index contributed by atoms with van der Waals surface area (Å²) in [6.07, 6.45) is 3.99. The quantitative estimate of drug-likeness (QED) is 0.830. The summed E-state index contributed by atoms with van der Waals surface area (Å²) >= 11 is 3.40. The number of halogens is 1. The Morgan fingerprint density at radius 3 is 2.50 bits per heavy atom. The molecule has 2 bridgehead atoms. The largest absolute Gasteiger partial charge is 0.495 e. The molecule has 2 atom stereocenters. The SMILES string of the molecule is COc1cc(C)c(Br)cc1S(=O)(=O)NC1CC2CCC(C1)N2. The first kappa shape index (κ1) is 16.2. The van der Waals surface area contributed by atoms with Gasteiger partial charge in [0.05, 0.1) is 7.11 Å². The van der Waals surface area contributed by atoms with Crippen LogP contribution in [0.15, 0.2) is 21.5 Å². The van der Waals surface area contributed by atoms with Crippen LogP contribution in [-0.4, -0.2) is 33.7 Å². The van der Waals surface area contributed by atoms with Gasteiger partial charge < -0.3 is 10.1 Å². The Kier molecular flexibility index (Phi) is 4.51. The van der Waals surface area contributed by atoms with Crippen molar-refractivity contribution in [3.63, 3.8) is 0 Å². The average molecular weight is 389 g/mol. The molecule has 122 valence electrons. The van der Waals surface area contributed by atoms with Crippen molar-refractivity contribution in [2.45, 2.75) is 55.6 Å². The van der Waals surface area contributed by atoms with Gasteiger partial charge in [0.25, 0.3) is 0 Å². The Labute approximate surface area is 140 Å². The van der Waals surface area contributed by atoms with Crippen LogP contribution in [0, 0.1) is 6.92 Å². The molecule has 0 amide bonds. The second kappa shape index (κ2) is 6.11. The summed E-state index contributed by atoms with van der Waals surface area (Å²) in [4.78, 5) is 0.193. The number of benzene rings is 1. The van der Waals surface area contributed by atoms with Crippen molar-refractivity contribution in [1.82, 2.24) is 10.0 Å². The van der Waals surface area contributed by atoms with Gasteiger partial charge in [-0.15, -0.1) is 0 Å². The number of aryl methyl sites for hydroxylation is 1. The van der Waals surface area contributed by atoms with E-state index < -0.39 is 10.0 Å². The van der Waals surface area contributed by atoms with Crippen molar-refractivity contribution >= 4 is 26.0 Å². The molecule has 2 heterocycles. The van der Waals surface area contributed by atoms with Gasteiger partial charge in [0.2, 0.25) is 10.0 Å². The standard InChI is InChI=1S/C15H21BrN2O3S/c1-9-5-14(21-2)15(8-13(9)16)22(19,20)18-12-6-10-3-4-11(7-12)17-10/h5,8,10-12,17-18H,3-4,6-7H2,1-2H3.